The van der Waals surface area contributed by atoms with Crippen LogP contribution in [-0.2, 0) is 10.8 Å². The highest BCUT2D eigenvalue weighted by Crippen LogP contribution is 2.58. The van der Waals surface area contributed by atoms with Crippen molar-refractivity contribution in [1.82, 2.24) is 9.97 Å². The summed E-state index contributed by atoms with van der Waals surface area (Å²) in [5, 5.41) is 9.15. The fraction of sp³-hybridized carbons (Fsp3) is 0.0833. The molecule has 0 saturated carbocycles. The van der Waals surface area contributed by atoms with E-state index >= 15 is 0 Å². The van der Waals surface area contributed by atoms with Gasteiger partial charge >= 0.3 is 0 Å². The van der Waals surface area contributed by atoms with Crippen molar-refractivity contribution >= 4 is 43.1 Å². The molecule has 5 nitrogen and oxygen atoms in total. The van der Waals surface area contributed by atoms with E-state index in [2.05, 4.69) is 230 Å². The van der Waals surface area contributed by atoms with Crippen molar-refractivity contribution in [3.63, 3.8) is 0 Å². The molecule has 0 amide bonds. The van der Waals surface area contributed by atoms with E-state index in [4.69, 9.17) is 24.2 Å². The molecule has 5 heteroatoms. The number of pyridine rings is 2. The Bertz CT molecular complexity index is 4190. The van der Waals surface area contributed by atoms with Gasteiger partial charge in [-0.3, -0.25) is 9.97 Å². The predicted octanol–water partition coefficient (Wildman–Crippen LogP) is 16.4. The molecule has 2 atom stereocenters. The van der Waals surface area contributed by atoms with Crippen LogP contribution in [0.5, 0.6) is 23.0 Å². The van der Waals surface area contributed by atoms with Gasteiger partial charge in [-0.15, -0.1) is 11.8 Å². The van der Waals surface area contributed by atoms with Gasteiger partial charge in [0.05, 0.1) is 22.2 Å². The fourth-order valence-electron chi connectivity index (χ4n) is 12.4. The van der Waals surface area contributed by atoms with Crippen LogP contribution in [0.25, 0.3) is 65.6 Å². The number of ether oxygens (including phenoxy) is 3. The smallest absolute Gasteiger partial charge is 0.149 e. The second kappa shape index (κ2) is 18.5. The van der Waals surface area contributed by atoms with E-state index in [1.165, 1.54) is 32.7 Å². The van der Waals surface area contributed by atoms with E-state index in [1.807, 2.05) is 38.4 Å². The van der Waals surface area contributed by atoms with E-state index in [0.717, 1.165) is 100 Å². The molecule has 0 spiro atoms. The molecule has 10 aromatic carbocycles. The monoisotopic (exact) mass is 988 g/mol. The van der Waals surface area contributed by atoms with E-state index in [-0.39, 0.29) is 0 Å². The van der Waals surface area contributed by atoms with Crippen molar-refractivity contribution in [2.45, 2.75) is 24.7 Å². The van der Waals surface area contributed by atoms with Gasteiger partial charge in [0.25, 0.3) is 0 Å². The molecule has 2 unspecified atom stereocenters. The summed E-state index contributed by atoms with van der Waals surface area (Å²) >= 11 is 0. The molecule has 14 rings (SSSR count). The van der Waals surface area contributed by atoms with Gasteiger partial charge in [0.2, 0.25) is 0 Å². The Balaban J connectivity index is 0.868. The Hall–Kier alpha value is -9.94. The molecule has 2 aliphatic rings. The molecule has 0 radical (unpaired) electrons. The van der Waals surface area contributed by atoms with Gasteiger partial charge in [0.1, 0.15) is 36.2 Å². The Kier molecular flexibility index (Phi) is 10.9. The van der Waals surface area contributed by atoms with Crippen LogP contribution in [0.4, 0.5) is 0 Å². The van der Waals surface area contributed by atoms with Crippen LogP contribution < -0.4 is 14.2 Å². The van der Waals surface area contributed by atoms with Gasteiger partial charge in [0.15, 0.2) is 0 Å². The summed E-state index contributed by atoms with van der Waals surface area (Å²) in [4.78, 5) is 10.2. The highest BCUT2D eigenvalue weighted by molar-refractivity contribution is 5.98. The molecule has 0 aliphatic heterocycles. The molecule has 2 aromatic heterocycles. The average Bonchev–Trinajstić information content (AvgIpc) is 4.17. The first kappa shape index (κ1) is 45.7. The topological polar surface area (TPSA) is 53.5 Å². The van der Waals surface area contributed by atoms with Gasteiger partial charge in [-0.2, -0.15) is 0 Å². The highest BCUT2D eigenvalue weighted by atomic mass is 16.5. The number of hydrogen-bond acceptors (Lipinski definition) is 5. The zero-order valence-corrected chi connectivity index (χ0v) is 42.5. The third kappa shape index (κ3) is 7.35. The number of nitrogens with zero attached hydrogens (tertiary/aromatic N) is 2. The van der Waals surface area contributed by atoms with E-state index in [1.54, 1.807) is 0 Å². The minimum atomic E-state index is -0.686. The molecule has 0 bridgehead atoms. The average molecular weight is 989 g/mol. The van der Waals surface area contributed by atoms with Crippen molar-refractivity contribution in [3.05, 3.63) is 275 Å². The summed E-state index contributed by atoms with van der Waals surface area (Å²) in [6.07, 6.45) is 3.81. The Morgan fingerprint density at radius 1 is 0.338 bits per heavy atom. The van der Waals surface area contributed by atoms with Gasteiger partial charge in [-0.05, 0) is 199 Å². The number of benzene rings is 10. The van der Waals surface area contributed by atoms with Crippen LogP contribution >= 0.6 is 0 Å². The van der Waals surface area contributed by atoms with Crippen LogP contribution in [-0.4, -0.2) is 23.2 Å². The third-order valence-electron chi connectivity index (χ3n) is 15.8. The lowest BCUT2D eigenvalue weighted by atomic mass is 9.67. The Morgan fingerprint density at radius 2 is 0.701 bits per heavy atom. The van der Waals surface area contributed by atoms with Crippen molar-refractivity contribution in [1.29, 1.82) is 0 Å². The molecule has 12 aromatic rings. The van der Waals surface area contributed by atoms with Crippen LogP contribution in [0.15, 0.2) is 231 Å². The zero-order valence-electron chi connectivity index (χ0n) is 42.5. The first-order valence-corrected chi connectivity index (χ1v) is 26.0. The molecular weight excluding hydrogens is 941 g/mol. The zero-order chi connectivity index (χ0) is 51.5. The van der Waals surface area contributed by atoms with Crippen molar-refractivity contribution in [3.8, 4) is 69.2 Å². The quantitative estimate of drug-likeness (QED) is 0.128. The van der Waals surface area contributed by atoms with E-state index < -0.39 is 10.8 Å². The van der Waals surface area contributed by atoms with Crippen LogP contribution in [0, 0.1) is 23.7 Å². The summed E-state index contributed by atoms with van der Waals surface area (Å²) in [5.74, 6) is 14.9. The van der Waals surface area contributed by atoms with Crippen LogP contribution in [0.3, 0.4) is 0 Å². The molecular formula is C72H48N2O3. The number of hydrogen-bond donors (Lipinski definition) is 0. The Labute approximate surface area is 447 Å². The predicted molar refractivity (Wildman–Crippen MR) is 311 cm³/mol. The SMILES string of the molecule is CC#CCOc1ccc2cc(C3(c4ccc(Oc5ccc(C6(c7ccc8cc(OCC#CC)ccc8c7)c7cc8ccccc8cc7-c7ncccc76)cc5)cc4)c4cc5ccccc5cc4-c4ncccc43)ccc2c1. The minimum absolute atomic E-state index is 0.351. The summed E-state index contributed by atoms with van der Waals surface area (Å²) < 4.78 is 18.8. The van der Waals surface area contributed by atoms with E-state index in [0.29, 0.717) is 13.2 Å². The molecule has 0 fully saturated rings. The maximum Gasteiger partial charge on any atom is 0.149 e. The Morgan fingerprint density at radius 3 is 1.13 bits per heavy atom. The van der Waals surface area contributed by atoms with Crippen molar-refractivity contribution in [2.24, 2.45) is 0 Å². The lowest BCUT2D eigenvalue weighted by Gasteiger charge is -2.34. The molecule has 2 heterocycles. The summed E-state index contributed by atoms with van der Waals surface area (Å²) in [7, 11) is 0. The summed E-state index contributed by atoms with van der Waals surface area (Å²) in [6.45, 7) is 4.35. The lowest BCUT2D eigenvalue weighted by Crippen LogP contribution is -2.28. The molecule has 0 N–H and O–H groups in total. The third-order valence-corrected chi connectivity index (χ3v) is 15.8. The van der Waals surface area contributed by atoms with Gasteiger partial charge in [-0.25, -0.2) is 0 Å². The second-order valence-corrected chi connectivity index (χ2v) is 19.8. The fourth-order valence-corrected chi connectivity index (χ4v) is 12.4. The van der Waals surface area contributed by atoms with Crippen molar-refractivity contribution < 1.29 is 14.2 Å². The minimum Gasteiger partial charge on any atom is -0.481 e. The standard InChI is InChI=1S/C72H48N2O3/c1-3-5-37-75-61-29-21-51-39-57(23-19-53(51)41-61)71(65-17-11-35-73-69(65)63-43-47-13-7-9-15-49(47)45-67(63)71)55-25-31-59(32-26-55)77-60-33-27-56(28-34-60)72(58-24-20-54-42-62(76-38-6-4-2)30-22-52(54)40-58)66-18-12-36-74-70(66)64-44-48-14-8-10-16-50(48)46-68(64)72/h7-36,39-46H,37-38H2,1-2H3. The maximum atomic E-state index is 6.83. The van der Waals surface area contributed by atoms with Crippen LogP contribution in [0.2, 0.25) is 0 Å². The normalized spacial score (nSPS) is 15.7. The molecule has 2 aliphatic carbocycles. The number of rotatable bonds is 10. The summed E-state index contributed by atoms with van der Waals surface area (Å²) in [6, 6.07) is 78.7. The largest absolute Gasteiger partial charge is 0.481 e. The van der Waals surface area contributed by atoms with E-state index in [9.17, 15) is 0 Å². The lowest BCUT2D eigenvalue weighted by molar-refractivity contribution is 0.370. The molecule has 0 saturated heterocycles. The highest BCUT2D eigenvalue weighted by Gasteiger charge is 2.49. The maximum absolute atomic E-state index is 6.83. The molecule has 364 valence electrons. The van der Waals surface area contributed by atoms with Gasteiger partial charge < -0.3 is 14.2 Å². The first-order valence-electron chi connectivity index (χ1n) is 26.0. The van der Waals surface area contributed by atoms with Crippen LogP contribution in [0.1, 0.15) is 58.4 Å². The summed E-state index contributed by atoms with van der Waals surface area (Å²) in [5.41, 5.74) is 12.1. The first-order chi connectivity index (χ1) is 38.0. The van der Waals surface area contributed by atoms with Gasteiger partial charge in [-0.1, -0.05) is 133 Å². The van der Waals surface area contributed by atoms with Gasteiger partial charge in [0, 0.05) is 23.5 Å². The number of aromatic nitrogens is 2. The number of fused-ring (bicyclic) bond motifs is 10. The molecule has 77 heavy (non-hydrogen) atoms. The second-order valence-electron chi connectivity index (χ2n) is 19.8. The van der Waals surface area contributed by atoms with Crippen molar-refractivity contribution in [2.75, 3.05) is 13.2 Å².